The molecule has 0 saturated carbocycles. The summed E-state index contributed by atoms with van der Waals surface area (Å²) in [6.07, 6.45) is 0. The quantitative estimate of drug-likeness (QED) is 0.240. The molecule has 1 unspecified atom stereocenters. The first kappa shape index (κ1) is 26.5. The number of hydrogen-bond acceptors (Lipinski definition) is 6. The molecule has 0 bridgehead atoms. The topological polar surface area (TPSA) is 105 Å². The summed E-state index contributed by atoms with van der Waals surface area (Å²) in [6, 6.07) is 19.5. The van der Waals surface area contributed by atoms with Crippen LogP contribution in [-0.2, 0) is 14.4 Å². The lowest BCUT2D eigenvalue weighted by atomic mass is 9.95. The molecule has 1 atom stereocenters. The molecule has 0 aromatic heterocycles. The number of nitrogens with one attached hydrogen (secondary N) is 1. The minimum absolute atomic E-state index is 0.0499. The number of carbonyl (C=O) groups excluding carboxylic acids is 3. The van der Waals surface area contributed by atoms with Crippen molar-refractivity contribution in [2.45, 2.75) is 26.8 Å². The van der Waals surface area contributed by atoms with Crippen LogP contribution in [0.3, 0.4) is 0 Å². The SMILES string of the molecule is COc1ccc(C2/C(=C(\O)c3cccc(OCC(C)C)c3)C(=O)C(=O)N2c2cccc(NC(C)=O)c2)cc1. The van der Waals surface area contributed by atoms with E-state index in [0.29, 0.717) is 46.5 Å². The Balaban J connectivity index is 1.86. The fraction of sp³-hybridized carbons (Fsp3) is 0.233. The molecule has 1 saturated heterocycles. The highest BCUT2D eigenvalue weighted by Crippen LogP contribution is 2.43. The number of rotatable bonds is 8. The highest BCUT2D eigenvalue weighted by molar-refractivity contribution is 6.51. The van der Waals surface area contributed by atoms with E-state index in [0.717, 1.165) is 0 Å². The number of aliphatic hydroxyl groups is 1. The summed E-state index contributed by atoms with van der Waals surface area (Å²) in [4.78, 5) is 39.8. The first-order valence-corrected chi connectivity index (χ1v) is 12.3. The standard InChI is InChI=1S/C30H30N2O6/c1-18(2)17-38-25-10-5-7-21(15-25)28(34)26-27(20-11-13-24(37-4)14-12-20)32(30(36)29(26)35)23-9-6-8-22(16-23)31-19(3)33/h5-16,18,27,34H,17H2,1-4H3,(H,31,33)/b28-26+. The lowest BCUT2D eigenvalue weighted by molar-refractivity contribution is -0.132. The second-order valence-electron chi connectivity index (χ2n) is 9.41. The smallest absolute Gasteiger partial charge is 0.300 e. The number of anilines is 2. The molecule has 0 spiro atoms. The van der Waals surface area contributed by atoms with Crippen LogP contribution in [0.25, 0.3) is 5.76 Å². The molecule has 3 aromatic carbocycles. The normalized spacial score (nSPS) is 16.6. The van der Waals surface area contributed by atoms with E-state index < -0.39 is 17.7 Å². The van der Waals surface area contributed by atoms with Crippen molar-refractivity contribution in [1.29, 1.82) is 0 Å². The Kier molecular flexibility index (Phi) is 7.81. The van der Waals surface area contributed by atoms with E-state index in [9.17, 15) is 19.5 Å². The maximum Gasteiger partial charge on any atom is 0.300 e. The Morgan fingerprint density at radius 3 is 2.37 bits per heavy atom. The average molecular weight is 515 g/mol. The molecular weight excluding hydrogens is 484 g/mol. The fourth-order valence-corrected chi connectivity index (χ4v) is 4.29. The number of amides is 2. The summed E-state index contributed by atoms with van der Waals surface area (Å²) in [6.45, 7) is 5.93. The fourth-order valence-electron chi connectivity index (χ4n) is 4.29. The Morgan fingerprint density at radius 1 is 1.00 bits per heavy atom. The summed E-state index contributed by atoms with van der Waals surface area (Å²) in [5.41, 5.74) is 1.78. The Morgan fingerprint density at radius 2 is 1.71 bits per heavy atom. The third kappa shape index (κ3) is 5.54. The number of ketones is 1. The van der Waals surface area contributed by atoms with Gasteiger partial charge in [-0.05, 0) is 53.9 Å². The largest absolute Gasteiger partial charge is 0.507 e. The van der Waals surface area contributed by atoms with Crippen LogP contribution in [0.2, 0.25) is 0 Å². The van der Waals surface area contributed by atoms with Crippen LogP contribution in [0.15, 0.2) is 78.4 Å². The van der Waals surface area contributed by atoms with E-state index in [1.54, 1.807) is 79.9 Å². The molecule has 1 aliphatic rings. The van der Waals surface area contributed by atoms with Crippen molar-refractivity contribution in [3.63, 3.8) is 0 Å². The molecule has 1 fully saturated rings. The van der Waals surface area contributed by atoms with Crippen molar-refractivity contribution < 1.29 is 29.0 Å². The van der Waals surface area contributed by atoms with Gasteiger partial charge in [-0.25, -0.2) is 0 Å². The van der Waals surface area contributed by atoms with Gasteiger partial charge in [-0.2, -0.15) is 0 Å². The van der Waals surface area contributed by atoms with Crippen molar-refractivity contribution in [3.8, 4) is 11.5 Å². The van der Waals surface area contributed by atoms with Crippen molar-refractivity contribution in [2.24, 2.45) is 5.92 Å². The van der Waals surface area contributed by atoms with Gasteiger partial charge in [0.2, 0.25) is 5.91 Å². The molecule has 0 aliphatic carbocycles. The van der Waals surface area contributed by atoms with Gasteiger partial charge in [0.15, 0.2) is 0 Å². The van der Waals surface area contributed by atoms with Crippen LogP contribution in [-0.4, -0.2) is 36.4 Å². The predicted octanol–water partition coefficient (Wildman–Crippen LogP) is 5.31. The van der Waals surface area contributed by atoms with Gasteiger partial charge in [0.05, 0.1) is 25.3 Å². The van der Waals surface area contributed by atoms with Crippen molar-refractivity contribution in [2.75, 3.05) is 23.9 Å². The van der Waals surface area contributed by atoms with Gasteiger partial charge in [-0.15, -0.1) is 0 Å². The number of Topliss-reactive ketones (excluding diaryl/α,β-unsaturated/α-hetero) is 1. The molecule has 4 rings (SSSR count). The lowest BCUT2D eigenvalue weighted by Crippen LogP contribution is -2.29. The summed E-state index contributed by atoms with van der Waals surface area (Å²) in [7, 11) is 1.54. The Labute approximate surface area is 221 Å². The number of aliphatic hydroxyl groups excluding tert-OH is 1. The second kappa shape index (κ2) is 11.2. The molecule has 8 heteroatoms. The van der Waals surface area contributed by atoms with Crippen LogP contribution in [0, 0.1) is 5.92 Å². The molecule has 1 aliphatic heterocycles. The maximum absolute atomic E-state index is 13.4. The van der Waals surface area contributed by atoms with E-state index in [4.69, 9.17) is 9.47 Å². The number of nitrogens with zero attached hydrogens (tertiary/aromatic N) is 1. The molecule has 1 heterocycles. The van der Waals surface area contributed by atoms with Crippen LogP contribution in [0.5, 0.6) is 11.5 Å². The molecule has 196 valence electrons. The van der Waals surface area contributed by atoms with Crippen LogP contribution in [0.1, 0.15) is 37.9 Å². The van der Waals surface area contributed by atoms with E-state index in [1.165, 1.54) is 11.8 Å². The van der Waals surface area contributed by atoms with Crippen molar-refractivity contribution in [1.82, 2.24) is 0 Å². The summed E-state index contributed by atoms with van der Waals surface area (Å²) < 4.78 is 11.1. The summed E-state index contributed by atoms with van der Waals surface area (Å²) in [5.74, 6) is -0.730. The third-order valence-electron chi connectivity index (χ3n) is 6.01. The maximum atomic E-state index is 13.4. The molecule has 2 amide bonds. The van der Waals surface area contributed by atoms with Crippen molar-refractivity contribution in [3.05, 3.63) is 89.5 Å². The zero-order valence-corrected chi connectivity index (χ0v) is 21.7. The Bertz CT molecular complexity index is 1390. The third-order valence-corrected chi connectivity index (χ3v) is 6.01. The van der Waals surface area contributed by atoms with Crippen LogP contribution in [0.4, 0.5) is 11.4 Å². The van der Waals surface area contributed by atoms with Crippen LogP contribution < -0.4 is 19.7 Å². The van der Waals surface area contributed by atoms with E-state index in [-0.39, 0.29) is 17.2 Å². The number of benzene rings is 3. The molecule has 2 N–H and O–H groups in total. The Hall–Kier alpha value is -4.59. The number of hydrogen-bond donors (Lipinski definition) is 2. The van der Waals surface area contributed by atoms with Crippen LogP contribution >= 0.6 is 0 Å². The predicted molar refractivity (Wildman–Crippen MR) is 145 cm³/mol. The minimum Gasteiger partial charge on any atom is -0.507 e. The summed E-state index contributed by atoms with van der Waals surface area (Å²) in [5, 5.41) is 14.1. The molecule has 8 nitrogen and oxygen atoms in total. The molecule has 0 radical (unpaired) electrons. The van der Waals surface area contributed by atoms with Gasteiger partial charge >= 0.3 is 0 Å². The average Bonchev–Trinajstić information content (AvgIpc) is 3.17. The molecule has 3 aromatic rings. The highest BCUT2D eigenvalue weighted by atomic mass is 16.5. The first-order valence-electron chi connectivity index (χ1n) is 12.3. The van der Waals surface area contributed by atoms with Gasteiger partial charge in [-0.3, -0.25) is 19.3 Å². The molecular formula is C30H30N2O6. The van der Waals surface area contributed by atoms with Gasteiger partial charge in [-0.1, -0.05) is 44.2 Å². The zero-order valence-electron chi connectivity index (χ0n) is 21.7. The second-order valence-corrected chi connectivity index (χ2v) is 9.41. The zero-order chi connectivity index (χ0) is 27.4. The first-order chi connectivity index (χ1) is 18.2. The number of ether oxygens (including phenoxy) is 2. The van der Waals surface area contributed by atoms with E-state index >= 15 is 0 Å². The minimum atomic E-state index is -0.922. The summed E-state index contributed by atoms with van der Waals surface area (Å²) >= 11 is 0. The van der Waals surface area contributed by atoms with Crippen molar-refractivity contribution >= 4 is 34.7 Å². The van der Waals surface area contributed by atoms with E-state index in [1.807, 2.05) is 13.8 Å². The lowest BCUT2D eigenvalue weighted by Gasteiger charge is -2.26. The van der Waals surface area contributed by atoms with Gasteiger partial charge < -0.3 is 19.9 Å². The van der Waals surface area contributed by atoms with Gasteiger partial charge in [0.1, 0.15) is 17.3 Å². The van der Waals surface area contributed by atoms with Gasteiger partial charge in [0, 0.05) is 23.9 Å². The monoisotopic (exact) mass is 514 g/mol. The van der Waals surface area contributed by atoms with E-state index in [2.05, 4.69) is 5.32 Å². The number of carbonyl (C=O) groups is 3. The number of methoxy groups -OCH3 is 1. The molecule has 38 heavy (non-hydrogen) atoms. The van der Waals surface area contributed by atoms with Gasteiger partial charge in [0.25, 0.3) is 11.7 Å². The highest BCUT2D eigenvalue weighted by Gasteiger charge is 2.47.